The standard InChI is InChI=1S/C16H23N3/c1-11(2)17-10-15-8-6-7-9-16(15)19-14(5)12(3)13(4)18-19/h6-9,11,17H,10H2,1-5H3. The van der Waals surface area contributed by atoms with Crippen LogP contribution in [0.5, 0.6) is 0 Å². The predicted molar refractivity (Wildman–Crippen MR) is 79.8 cm³/mol. The molecule has 0 aliphatic heterocycles. The molecule has 0 fully saturated rings. The first-order chi connectivity index (χ1) is 9.00. The molecule has 0 aliphatic carbocycles. The lowest BCUT2D eigenvalue weighted by atomic mass is 10.1. The SMILES string of the molecule is Cc1nn(-c2ccccc2CNC(C)C)c(C)c1C. The smallest absolute Gasteiger partial charge is 0.0693 e. The molecular formula is C16H23N3. The van der Waals surface area contributed by atoms with Crippen LogP contribution in [0.1, 0.15) is 36.4 Å². The molecule has 0 unspecified atom stereocenters. The Morgan fingerprint density at radius 1 is 1.16 bits per heavy atom. The molecule has 0 atom stereocenters. The van der Waals surface area contributed by atoms with Gasteiger partial charge >= 0.3 is 0 Å². The van der Waals surface area contributed by atoms with Crippen molar-refractivity contribution >= 4 is 0 Å². The summed E-state index contributed by atoms with van der Waals surface area (Å²) < 4.78 is 2.06. The topological polar surface area (TPSA) is 29.9 Å². The van der Waals surface area contributed by atoms with E-state index in [9.17, 15) is 0 Å². The molecule has 0 amide bonds. The van der Waals surface area contributed by atoms with Gasteiger partial charge in [0.2, 0.25) is 0 Å². The molecule has 0 saturated carbocycles. The van der Waals surface area contributed by atoms with Crippen LogP contribution in [0.25, 0.3) is 5.69 Å². The zero-order valence-electron chi connectivity index (χ0n) is 12.5. The van der Waals surface area contributed by atoms with E-state index in [4.69, 9.17) is 0 Å². The third kappa shape index (κ3) is 2.87. The van der Waals surface area contributed by atoms with Crippen molar-refractivity contribution < 1.29 is 0 Å². The molecule has 1 aromatic carbocycles. The van der Waals surface area contributed by atoms with E-state index in [0.717, 1.165) is 12.2 Å². The van der Waals surface area contributed by atoms with Crippen molar-refractivity contribution in [1.82, 2.24) is 15.1 Å². The Kier molecular flexibility index (Phi) is 4.05. The van der Waals surface area contributed by atoms with Gasteiger partial charge < -0.3 is 5.32 Å². The molecule has 0 bridgehead atoms. The van der Waals surface area contributed by atoms with E-state index in [1.165, 1.54) is 22.5 Å². The first-order valence-corrected chi connectivity index (χ1v) is 6.85. The maximum absolute atomic E-state index is 4.66. The summed E-state index contributed by atoms with van der Waals surface area (Å²) in [4.78, 5) is 0. The molecule has 2 rings (SSSR count). The first kappa shape index (κ1) is 13.8. The van der Waals surface area contributed by atoms with Crippen molar-refractivity contribution in [2.45, 2.75) is 47.2 Å². The van der Waals surface area contributed by atoms with Gasteiger partial charge in [-0.1, -0.05) is 32.0 Å². The van der Waals surface area contributed by atoms with Gasteiger partial charge in [0.15, 0.2) is 0 Å². The fraction of sp³-hybridized carbons (Fsp3) is 0.438. The lowest BCUT2D eigenvalue weighted by Crippen LogP contribution is -2.22. The van der Waals surface area contributed by atoms with Crippen molar-refractivity contribution in [2.24, 2.45) is 0 Å². The second kappa shape index (κ2) is 5.57. The normalized spacial score (nSPS) is 11.3. The van der Waals surface area contributed by atoms with Crippen molar-refractivity contribution in [1.29, 1.82) is 0 Å². The minimum atomic E-state index is 0.482. The molecule has 0 spiro atoms. The number of aryl methyl sites for hydroxylation is 1. The van der Waals surface area contributed by atoms with Gasteiger partial charge in [-0.15, -0.1) is 0 Å². The van der Waals surface area contributed by atoms with E-state index in [-0.39, 0.29) is 0 Å². The zero-order chi connectivity index (χ0) is 14.0. The van der Waals surface area contributed by atoms with Crippen LogP contribution in [-0.2, 0) is 6.54 Å². The molecule has 0 aliphatic rings. The van der Waals surface area contributed by atoms with Crippen LogP contribution in [0.4, 0.5) is 0 Å². The van der Waals surface area contributed by atoms with Crippen molar-refractivity contribution in [3.63, 3.8) is 0 Å². The summed E-state index contributed by atoms with van der Waals surface area (Å²) in [6, 6.07) is 8.93. The molecule has 3 heteroatoms. The van der Waals surface area contributed by atoms with Gasteiger partial charge in [0, 0.05) is 18.3 Å². The average molecular weight is 257 g/mol. The highest BCUT2D eigenvalue weighted by Crippen LogP contribution is 2.20. The molecule has 1 aromatic heterocycles. The molecule has 0 radical (unpaired) electrons. The highest BCUT2D eigenvalue weighted by Gasteiger charge is 2.11. The maximum atomic E-state index is 4.66. The third-order valence-corrected chi connectivity index (χ3v) is 3.57. The van der Waals surface area contributed by atoms with E-state index in [0.29, 0.717) is 6.04 Å². The van der Waals surface area contributed by atoms with Crippen LogP contribution < -0.4 is 5.32 Å². The Morgan fingerprint density at radius 3 is 2.42 bits per heavy atom. The molecule has 1 heterocycles. The summed E-state index contributed by atoms with van der Waals surface area (Å²) in [6.45, 7) is 11.5. The monoisotopic (exact) mass is 257 g/mol. The van der Waals surface area contributed by atoms with Crippen LogP contribution in [0, 0.1) is 20.8 Å². The van der Waals surface area contributed by atoms with Gasteiger partial charge in [0.1, 0.15) is 0 Å². The van der Waals surface area contributed by atoms with Crippen molar-refractivity contribution in [3.05, 3.63) is 46.8 Å². The summed E-state index contributed by atoms with van der Waals surface area (Å²) in [5, 5.41) is 8.13. The Hall–Kier alpha value is -1.61. The molecule has 0 saturated heterocycles. The first-order valence-electron chi connectivity index (χ1n) is 6.85. The summed E-state index contributed by atoms with van der Waals surface area (Å²) in [7, 11) is 0. The summed E-state index contributed by atoms with van der Waals surface area (Å²) in [5.74, 6) is 0. The van der Waals surface area contributed by atoms with Crippen LogP contribution in [0.3, 0.4) is 0 Å². The second-order valence-electron chi connectivity index (χ2n) is 5.37. The van der Waals surface area contributed by atoms with Gasteiger partial charge in [-0.2, -0.15) is 5.10 Å². The van der Waals surface area contributed by atoms with E-state index < -0.39 is 0 Å². The van der Waals surface area contributed by atoms with Crippen LogP contribution >= 0.6 is 0 Å². The number of benzene rings is 1. The number of nitrogens with zero attached hydrogens (tertiary/aromatic N) is 2. The lowest BCUT2D eigenvalue weighted by molar-refractivity contribution is 0.586. The van der Waals surface area contributed by atoms with E-state index in [2.05, 4.69) is 74.0 Å². The number of hydrogen-bond donors (Lipinski definition) is 1. The highest BCUT2D eigenvalue weighted by atomic mass is 15.3. The molecule has 2 aromatic rings. The number of para-hydroxylation sites is 1. The van der Waals surface area contributed by atoms with Gasteiger partial charge in [0.25, 0.3) is 0 Å². The van der Waals surface area contributed by atoms with Crippen molar-refractivity contribution in [2.75, 3.05) is 0 Å². The summed E-state index contributed by atoms with van der Waals surface area (Å²) >= 11 is 0. The fourth-order valence-electron chi connectivity index (χ4n) is 2.14. The number of aromatic nitrogens is 2. The lowest BCUT2D eigenvalue weighted by Gasteiger charge is -2.13. The zero-order valence-corrected chi connectivity index (χ0v) is 12.5. The predicted octanol–water partition coefficient (Wildman–Crippen LogP) is 3.30. The minimum absolute atomic E-state index is 0.482. The molecule has 102 valence electrons. The molecule has 3 nitrogen and oxygen atoms in total. The Labute approximate surface area is 115 Å². The van der Waals surface area contributed by atoms with Gasteiger partial charge in [-0.3, -0.25) is 0 Å². The number of nitrogens with one attached hydrogen (secondary N) is 1. The third-order valence-electron chi connectivity index (χ3n) is 3.57. The Balaban J connectivity index is 2.41. The summed E-state index contributed by atoms with van der Waals surface area (Å²) in [5.41, 5.74) is 6.04. The maximum Gasteiger partial charge on any atom is 0.0693 e. The van der Waals surface area contributed by atoms with Crippen LogP contribution in [0.2, 0.25) is 0 Å². The minimum Gasteiger partial charge on any atom is -0.310 e. The Morgan fingerprint density at radius 2 is 1.84 bits per heavy atom. The largest absolute Gasteiger partial charge is 0.310 e. The average Bonchev–Trinajstić information content (AvgIpc) is 2.64. The van der Waals surface area contributed by atoms with E-state index in [1.54, 1.807) is 0 Å². The Bertz CT molecular complexity index is 567. The van der Waals surface area contributed by atoms with Gasteiger partial charge in [-0.25, -0.2) is 4.68 Å². The highest BCUT2D eigenvalue weighted by molar-refractivity contribution is 5.43. The molecular weight excluding hydrogens is 234 g/mol. The van der Waals surface area contributed by atoms with E-state index >= 15 is 0 Å². The van der Waals surface area contributed by atoms with Gasteiger partial charge in [-0.05, 0) is 38.0 Å². The second-order valence-corrected chi connectivity index (χ2v) is 5.37. The van der Waals surface area contributed by atoms with Crippen LogP contribution in [0.15, 0.2) is 24.3 Å². The quantitative estimate of drug-likeness (QED) is 0.911. The van der Waals surface area contributed by atoms with E-state index in [1.807, 2.05) is 0 Å². The van der Waals surface area contributed by atoms with Gasteiger partial charge in [0.05, 0.1) is 11.4 Å². The number of hydrogen-bond acceptors (Lipinski definition) is 2. The molecule has 19 heavy (non-hydrogen) atoms. The van der Waals surface area contributed by atoms with Crippen LogP contribution in [-0.4, -0.2) is 15.8 Å². The van der Waals surface area contributed by atoms with Crippen molar-refractivity contribution in [3.8, 4) is 5.69 Å². The fourth-order valence-corrected chi connectivity index (χ4v) is 2.14. The summed E-state index contributed by atoms with van der Waals surface area (Å²) in [6.07, 6.45) is 0. The molecule has 1 N–H and O–H groups in total. The number of rotatable bonds is 4.